The van der Waals surface area contributed by atoms with Crippen molar-refractivity contribution in [1.82, 2.24) is 4.98 Å². The number of aromatic nitrogens is 1. The third-order valence-corrected chi connectivity index (χ3v) is 0.566. The van der Waals surface area contributed by atoms with E-state index in [2.05, 4.69) is 25.0 Å². The van der Waals surface area contributed by atoms with Gasteiger partial charge < -0.3 is 0 Å². The van der Waals surface area contributed by atoms with E-state index in [0.717, 1.165) is 0 Å². The number of hydrogen-bond acceptors (Lipinski definition) is 13. The van der Waals surface area contributed by atoms with Crippen molar-refractivity contribution in [2.75, 3.05) is 20.0 Å². The number of nitrogens with zero attached hydrogens (tertiary/aromatic N) is 1. The van der Waals surface area contributed by atoms with Crippen LogP contribution >= 0.6 is 7.92 Å². The van der Waals surface area contributed by atoms with Gasteiger partial charge in [0, 0.05) is 12.4 Å². The van der Waals surface area contributed by atoms with Gasteiger partial charge in [-0.1, -0.05) is 6.07 Å². The molecule has 1 rings (SSSR count). The first-order valence-corrected chi connectivity index (χ1v) is 11.4. The van der Waals surface area contributed by atoms with E-state index in [9.17, 15) is 0 Å². The fourth-order valence-corrected chi connectivity index (χ4v) is 0.313. The van der Waals surface area contributed by atoms with Crippen LogP contribution in [0.2, 0.25) is 0 Å². The predicted octanol–water partition coefficient (Wildman–Crippen LogP) is -11.8. The largest absolute Gasteiger partial charge is 3.00 e. The summed E-state index contributed by atoms with van der Waals surface area (Å²) in [5.41, 5.74) is 0. The average Bonchev–Trinajstić information content (AvgIpc) is 2.23. The van der Waals surface area contributed by atoms with Crippen LogP contribution in [0.4, 0.5) is 0 Å². The van der Waals surface area contributed by atoms with E-state index in [1.807, 2.05) is 18.2 Å². The summed E-state index contributed by atoms with van der Waals surface area (Å²) in [6, 6.07) is 5.72. The summed E-state index contributed by atoms with van der Waals surface area (Å²) in [6.07, 6.45) is 3.50. The normalized spacial score (nSPS) is 10.2. The smallest absolute Gasteiger partial charge is 0.265 e. The fourth-order valence-electron chi connectivity index (χ4n) is 0.313. The van der Waals surface area contributed by atoms with E-state index in [1.165, 1.54) is 0 Å². The van der Waals surface area contributed by atoms with Gasteiger partial charge in [0.15, 0.2) is 0 Å². The van der Waals surface area contributed by atoms with Gasteiger partial charge >= 0.3 is 22.4 Å². The third-order valence-electron chi connectivity index (χ3n) is 0.566. The SMILES string of the molecule is CP(C)C.[Au+3].[O-][Cl+3]([O-])([O-])[O-].[O-][Cl+3]([O-])([O-])[O-].[O-][Cl+3]([O-])([O-])[O-].c1ccncc1. The van der Waals surface area contributed by atoms with Crippen LogP contribution in [0.25, 0.3) is 0 Å². The molecule has 0 saturated heterocycles. The second kappa shape index (κ2) is 20.4. The van der Waals surface area contributed by atoms with Gasteiger partial charge in [-0.2, -0.15) is 0 Å². The molecule has 0 fully saturated rings. The molecule has 1 aromatic rings. The molecule has 0 aliphatic heterocycles. The Kier molecular flexibility index (Phi) is 29.5. The second-order valence-corrected chi connectivity index (χ2v) is 8.45. The molecule has 0 N–H and O–H groups in total. The molecule has 0 atom stereocenters. The van der Waals surface area contributed by atoms with Gasteiger partial charge in [-0.3, -0.25) is 4.98 Å². The maximum Gasteiger partial charge on any atom is 3.00 e. The molecule has 0 saturated carbocycles. The molecule has 0 aliphatic rings. The van der Waals surface area contributed by atoms with Gasteiger partial charge in [-0.15, -0.1) is 38.7 Å². The van der Waals surface area contributed by atoms with Crippen molar-refractivity contribution in [2.45, 2.75) is 0 Å². The third kappa shape index (κ3) is 309. The predicted molar refractivity (Wildman–Crippen MR) is 48.9 cm³/mol. The number of rotatable bonds is 0. The molecule has 26 heavy (non-hydrogen) atoms. The number of hydrogen-bond donors (Lipinski definition) is 0. The van der Waals surface area contributed by atoms with Crippen molar-refractivity contribution in [2.24, 2.45) is 0 Å². The van der Waals surface area contributed by atoms with E-state index >= 15 is 0 Å². The van der Waals surface area contributed by atoms with Crippen LogP contribution in [0, 0.1) is 30.7 Å². The Morgan fingerprint density at radius 2 is 0.692 bits per heavy atom. The summed E-state index contributed by atoms with van der Waals surface area (Å²) in [4.78, 5) is 3.78. The van der Waals surface area contributed by atoms with Gasteiger partial charge in [-0.25, -0.2) is 55.9 Å². The number of pyridine rings is 1. The van der Waals surface area contributed by atoms with Crippen molar-refractivity contribution < 1.29 is 109 Å². The zero-order valence-electron chi connectivity index (χ0n) is 13.1. The molecule has 1 heterocycles. The summed E-state index contributed by atoms with van der Waals surface area (Å²) in [5.74, 6) is 0. The zero-order chi connectivity index (χ0) is 21.3. The standard InChI is InChI=1S/C5H5N.C3H9P.Au.3ClHO4/c1-2-4-6-5-3-1;1-4(2)3;;3*2-1(3,4)5/h1-5H;1-3H3;;3*(H,2,3,4,5)/q;;+3;;;/p-3. The van der Waals surface area contributed by atoms with Crippen molar-refractivity contribution in [3.63, 3.8) is 0 Å². The van der Waals surface area contributed by atoms with E-state index < -0.39 is 30.7 Å². The Morgan fingerprint density at radius 1 is 0.538 bits per heavy atom. The van der Waals surface area contributed by atoms with Crippen molar-refractivity contribution >= 4 is 7.92 Å². The fraction of sp³-hybridized carbons (Fsp3) is 0.375. The molecule has 0 bridgehead atoms. The summed E-state index contributed by atoms with van der Waals surface area (Å²) >= 11 is 0. The number of halogens is 3. The van der Waals surface area contributed by atoms with Crippen LogP contribution in [-0.2, 0) is 22.4 Å². The van der Waals surface area contributed by atoms with Crippen LogP contribution < -0.4 is 55.9 Å². The summed E-state index contributed by atoms with van der Waals surface area (Å²) in [7, 11) is -14.5. The quantitative estimate of drug-likeness (QED) is 0.186. The molecule has 1 aromatic heterocycles. The summed E-state index contributed by atoms with van der Waals surface area (Å²) in [5, 5.41) is 0. The minimum Gasteiger partial charge on any atom is -0.265 e. The van der Waals surface area contributed by atoms with Crippen LogP contribution in [-0.4, -0.2) is 25.0 Å². The Bertz CT molecular complexity index is 299. The summed E-state index contributed by atoms with van der Waals surface area (Å²) < 4.78 is 102. The molecule has 0 unspecified atom stereocenters. The van der Waals surface area contributed by atoms with E-state index in [-0.39, 0.29) is 22.4 Å². The topological polar surface area (TPSA) is 290 Å². The van der Waals surface area contributed by atoms with Crippen LogP contribution in [0.1, 0.15) is 0 Å². The molecule has 0 aliphatic carbocycles. The van der Waals surface area contributed by atoms with Gasteiger partial charge in [0.25, 0.3) is 0 Å². The Labute approximate surface area is 172 Å². The van der Waals surface area contributed by atoms with Crippen LogP contribution in [0.3, 0.4) is 0 Å². The molecule has 160 valence electrons. The molecule has 13 nitrogen and oxygen atoms in total. The van der Waals surface area contributed by atoms with Gasteiger partial charge in [-0.05, 0) is 32.1 Å². The van der Waals surface area contributed by atoms with Crippen molar-refractivity contribution in [1.29, 1.82) is 0 Å². The van der Waals surface area contributed by atoms with Crippen molar-refractivity contribution in [3.8, 4) is 0 Å². The van der Waals surface area contributed by atoms with Crippen LogP contribution in [0.15, 0.2) is 30.6 Å². The molecule has 0 aromatic carbocycles. The Hall–Kier alpha value is 0.710. The zero-order valence-corrected chi connectivity index (χ0v) is 18.4. The molecule has 18 heteroatoms. The minimum absolute atomic E-state index is 0. The van der Waals surface area contributed by atoms with Crippen molar-refractivity contribution in [3.05, 3.63) is 30.6 Å². The van der Waals surface area contributed by atoms with Gasteiger partial charge in [0.05, 0.1) is 0 Å². The monoisotopic (exact) mass is 649 g/mol. The maximum atomic E-state index is 8.49. The average molecular weight is 650 g/mol. The Balaban J connectivity index is -0.0000000705. The first-order valence-electron chi connectivity index (χ1n) is 5.04. The van der Waals surface area contributed by atoms with Gasteiger partial charge in [0.2, 0.25) is 0 Å². The Morgan fingerprint density at radius 3 is 0.731 bits per heavy atom. The molecule has 0 amide bonds. The van der Waals surface area contributed by atoms with E-state index in [1.54, 1.807) is 12.4 Å². The minimum atomic E-state index is -4.94. The summed E-state index contributed by atoms with van der Waals surface area (Å²) in [6.45, 7) is 6.69. The maximum absolute atomic E-state index is 8.49. The first-order chi connectivity index (χ1) is 10.7. The molecular formula is C8H14AuCl3NO12P. The van der Waals surface area contributed by atoms with E-state index in [0.29, 0.717) is 7.92 Å². The second-order valence-electron chi connectivity index (χ2n) is 3.50. The molecule has 0 radical (unpaired) electrons. The molecular weight excluding hydrogens is 636 g/mol. The van der Waals surface area contributed by atoms with Gasteiger partial charge in [0.1, 0.15) is 0 Å². The molecule has 0 spiro atoms. The van der Waals surface area contributed by atoms with E-state index in [4.69, 9.17) is 55.9 Å². The first kappa shape index (κ1) is 37.5. The van der Waals surface area contributed by atoms with Crippen LogP contribution in [0.5, 0.6) is 0 Å².